The van der Waals surface area contributed by atoms with Crippen LogP contribution in [0.3, 0.4) is 0 Å². The Morgan fingerprint density at radius 2 is 2.12 bits per heavy atom. The van der Waals surface area contributed by atoms with Crippen molar-refractivity contribution in [3.63, 3.8) is 0 Å². The zero-order chi connectivity index (χ0) is 12.1. The second-order valence-electron chi connectivity index (χ2n) is 4.67. The number of hydrogen-bond donors (Lipinski definition) is 2. The van der Waals surface area contributed by atoms with Gasteiger partial charge in [-0.05, 0) is 25.3 Å². The predicted molar refractivity (Wildman–Crippen MR) is 64.8 cm³/mol. The number of nitrogens with zero attached hydrogens (tertiary/aromatic N) is 3. The Morgan fingerprint density at radius 1 is 1.44 bits per heavy atom. The maximum atomic E-state index is 5.74. The lowest BCUT2D eigenvalue weighted by molar-refractivity contribution is 0.351. The van der Waals surface area contributed by atoms with E-state index in [1.54, 1.807) is 6.33 Å². The molecule has 0 amide bonds. The number of aryl methyl sites for hydroxylation is 1. The second-order valence-corrected chi connectivity index (χ2v) is 4.67. The van der Waals surface area contributed by atoms with Crippen LogP contribution in [0, 0.1) is 11.8 Å². The average Bonchev–Trinajstić information content (AvgIpc) is 2.64. The van der Waals surface area contributed by atoms with Crippen molar-refractivity contribution in [3.05, 3.63) is 12.2 Å². The molecule has 0 aliphatic rings. The quantitative estimate of drug-likeness (QED) is 0.747. The van der Waals surface area contributed by atoms with Crippen LogP contribution < -0.4 is 11.1 Å². The third-order valence-electron chi connectivity index (χ3n) is 3.07. The minimum Gasteiger partial charge on any atom is -0.330 e. The predicted octanol–water partition coefficient (Wildman–Crippen LogP) is 0.697. The van der Waals surface area contributed by atoms with Gasteiger partial charge in [-0.15, -0.1) is 10.2 Å². The van der Waals surface area contributed by atoms with Crippen molar-refractivity contribution in [2.75, 3.05) is 13.1 Å². The zero-order valence-corrected chi connectivity index (χ0v) is 10.6. The summed E-state index contributed by atoms with van der Waals surface area (Å²) >= 11 is 0. The Morgan fingerprint density at radius 3 is 2.56 bits per heavy atom. The van der Waals surface area contributed by atoms with E-state index < -0.39 is 0 Å². The van der Waals surface area contributed by atoms with Gasteiger partial charge in [-0.25, -0.2) is 0 Å². The van der Waals surface area contributed by atoms with Crippen LogP contribution in [0.5, 0.6) is 0 Å². The maximum absolute atomic E-state index is 5.74. The van der Waals surface area contributed by atoms with Gasteiger partial charge in [-0.2, -0.15) is 0 Å². The summed E-state index contributed by atoms with van der Waals surface area (Å²) in [5.74, 6) is 2.07. The molecule has 0 bridgehead atoms. The molecule has 92 valence electrons. The molecule has 2 unspecified atom stereocenters. The van der Waals surface area contributed by atoms with Gasteiger partial charge >= 0.3 is 0 Å². The van der Waals surface area contributed by atoms with Crippen molar-refractivity contribution in [3.8, 4) is 0 Å². The van der Waals surface area contributed by atoms with E-state index in [1.807, 2.05) is 11.6 Å². The molecule has 1 aromatic heterocycles. The van der Waals surface area contributed by atoms with E-state index in [1.165, 1.54) is 0 Å². The van der Waals surface area contributed by atoms with Gasteiger partial charge in [-0.3, -0.25) is 0 Å². The Balaban J connectivity index is 2.46. The lowest BCUT2D eigenvalue weighted by Gasteiger charge is -2.21. The molecule has 0 saturated carbocycles. The molecule has 1 aromatic rings. The van der Waals surface area contributed by atoms with E-state index >= 15 is 0 Å². The molecule has 0 radical (unpaired) electrons. The minimum absolute atomic E-state index is 0.209. The van der Waals surface area contributed by atoms with Gasteiger partial charge in [0.25, 0.3) is 0 Å². The summed E-state index contributed by atoms with van der Waals surface area (Å²) in [5, 5.41) is 11.4. The van der Waals surface area contributed by atoms with Crippen LogP contribution in [0.1, 0.15) is 32.6 Å². The number of aromatic nitrogens is 3. The van der Waals surface area contributed by atoms with Crippen LogP contribution >= 0.6 is 0 Å². The van der Waals surface area contributed by atoms with E-state index in [-0.39, 0.29) is 6.04 Å². The molecule has 2 atom stereocenters. The number of nitrogens with two attached hydrogens (primary N) is 1. The number of hydrogen-bond acceptors (Lipinski definition) is 4. The second kappa shape index (κ2) is 5.96. The Kier molecular flexibility index (Phi) is 4.89. The highest BCUT2D eigenvalue weighted by atomic mass is 15.3. The van der Waals surface area contributed by atoms with E-state index in [4.69, 9.17) is 5.73 Å². The van der Waals surface area contributed by atoms with Gasteiger partial charge in [0.15, 0.2) is 0 Å². The molecule has 5 heteroatoms. The molecule has 0 aliphatic carbocycles. The van der Waals surface area contributed by atoms with Gasteiger partial charge in [0.1, 0.15) is 12.2 Å². The Bertz CT molecular complexity index is 307. The van der Waals surface area contributed by atoms with Crippen LogP contribution in [0.25, 0.3) is 0 Å². The molecule has 16 heavy (non-hydrogen) atoms. The normalized spacial score (nSPS) is 15.4. The van der Waals surface area contributed by atoms with Crippen LogP contribution in [0.15, 0.2) is 6.33 Å². The maximum Gasteiger partial charge on any atom is 0.149 e. The highest BCUT2D eigenvalue weighted by Crippen LogP contribution is 2.11. The Labute approximate surface area is 97.4 Å². The van der Waals surface area contributed by atoms with E-state index in [0.717, 1.165) is 18.9 Å². The summed E-state index contributed by atoms with van der Waals surface area (Å²) in [6.45, 7) is 8.13. The molecule has 3 N–H and O–H groups in total. The van der Waals surface area contributed by atoms with E-state index in [0.29, 0.717) is 11.8 Å². The number of rotatable bonds is 6. The van der Waals surface area contributed by atoms with Crippen LogP contribution in [0.4, 0.5) is 0 Å². The largest absolute Gasteiger partial charge is 0.330 e. The summed E-state index contributed by atoms with van der Waals surface area (Å²) in [5.41, 5.74) is 5.74. The molecule has 0 aromatic carbocycles. The molecule has 0 fully saturated rings. The Hall–Kier alpha value is -0.940. The smallest absolute Gasteiger partial charge is 0.149 e. The summed E-state index contributed by atoms with van der Waals surface area (Å²) in [4.78, 5) is 0. The highest BCUT2D eigenvalue weighted by molar-refractivity contribution is 4.92. The molecule has 5 nitrogen and oxygen atoms in total. The van der Waals surface area contributed by atoms with Crippen molar-refractivity contribution in [2.45, 2.75) is 26.8 Å². The van der Waals surface area contributed by atoms with Gasteiger partial charge in [-0.1, -0.05) is 13.8 Å². The average molecular weight is 225 g/mol. The fourth-order valence-electron chi connectivity index (χ4n) is 1.69. The molecular weight excluding hydrogens is 202 g/mol. The summed E-state index contributed by atoms with van der Waals surface area (Å²) in [6, 6.07) is 0.209. The first-order chi connectivity index (χ1) is 7.56. The van der Waals surface area contributed by atoms with Gasteiger partial charge in [0.2, 0.25) is 0 Å². The number of nitrogens with one attached hydrogen (secondary N) is 1. The van der Waals surface area contributed by atoms with Gasteiger partial charge in [0, 0.05) is 13.6 Å². The fraction of sp³-hybridized carbons (Fsp3) is 0.818. The van der Waals surface area contributed by atoms with Crippen LogP contribution in [-0.2, 0) is 7.05 Å². The monoisotopic (exact) mass is 225 g/mol. The van der Waals surface area contributed by atoms with Crippen LogP contribution in [0.2, 0.25) is 0 Å². The van der Waals surface area contributed by atoms with Crippen LogP contribution in [-0.4, -0.2) is 27.9 Å². The summed E-state index contributed by atoms with van der Waals surface area (Å²) in [6.07, 6.45) is 1.72. The third kappa shape index (κ3) is 3.28. The van der Waals surface area contributed by atoms with Crippen molar-refractivity contribution >= 4 is 0 Å². The van der Waals surface area contributed by atoms with Gasteiger partial charge < -0.3 is 15.6 Å². The minimum atomic E-state index is 0.209. The topological polar surface area (TPSA) is 68.8 Å². The first-order valence-corrected chi connectivity index (χ1v) is 5.83. The highest BCUT2D eigenvalue weighted by Gasteiger charge is 2.15. The first-order valence-electron chi connectivity index (χ1n) is 5.83. The van der Waals surface area contributed by atoms with Crippen molar-refractivity contribution in [2.24, 2.45) is 24.6 Å². The standard InChI is InChI=1S/C11H23N5/c1-8(2)10(5-12)6-13-9(3)11-15-14-7-16(11)4/h7-10,13H,5-6,12H2,1-4H3. The zero-order valence-electron chi connectivity index (χ0n) is 10.6. The lowest BCUT2D eigenvalue weighted by Crippen LogP contribution is -2.33. The van der Waals surface area contributed by atoms with Crippen molar-refractivity contribution in [1.29, 1.82) is 0 Å². The molecule has 1 heterocycles. The third-order valence-corrected chi connectivity index (χ3v) is 3.07. The summed E-state index contributed by atoms with van der Waals surface area (Å²) in [7, 11) is 1.95. The summed E-state index contributed by atoms with van der Waals surface area (Å²) < 4.78 is 1.94. The lowest BCUT2D eigenvalue weighted by atomic mass is 9.96. The van der Waals surface area contributed by atoms with E-state index in [2.05, 4.69) is 36.3 Å². The van der Waals surface area contributed by atoms with Crippen molar-refractivity contribution in [1.82, 2.24) is 20.1 Å². The molecular formula is C11H23N5. The van der Waals surface area contributed by atoms with Crippen molar-refractivity contribution < 1.29 is 0 Å². The SMILES string of the molecule is CC(NCC(CN)C(C)C)c1nncn1C. The van der Waals surface area contributed by atoms with E-state index in [9.17, 15) is 0 Å². The molecule has 0 aliphatic heterocycles. The molecule has 0 saturated heterocycles. The fourth-order valence-corrected chi connectivity index (χ4v) is 1.69. The molecule has 0 spiro atoms. The van der Waals surface area contributed by atoms with Gasteiger partial charge in [0.05, 0.1) is 6.04 Å². The first kappa shape index (κ1) is 13.1. The molecule has 1 rings (SSSR count).